The van der Waals surface area contributed by atoms with Gasteiger partial charge in [0.15, 0.2) is 0 Å². The van der Waals surface area contributed by atoms with E-state index < -0.39 is 0 Å². The van der Waals surface area contributed by atoms with Crippen molar-refractivity contribution in [1.82, 2.24) is 9.97 Å². The fourth-order valence-corrected chi connectivity index (χ4v) is 3.35. The normalized spacial score (nSPS) is 35.3. The quantitative estimate of drug-likeness (QED) is 0.743. The molecule has 1 aromatic rings. The molecule has 0 unspecified atom stereocenters. The van der Waals surface area contributed by atoms with Crippen molar-refractivity contribution in [3.8, 4) is 0 Å². The molecule has 1 aliphatic carbocycles. The average Bonchev–Trinajstić information content (AvgIpc) is 2.49. The summed E-state index contributed by atoms with van der Waals surface area (Å²) in [6.45, 7) is 6.88. The lowest BCUT2D eigenvalue weighted by molar-refractivity contribution is 0.102. The molecule has 1 aromatic heterocycles. The third-order valence-corrected chi connectivity index (χ3v) is 3.38. The molecule has 15 heavy (non-hydrogen) atoms. The molecule has 0 spiro atoms. The molecule has 0 amide bonds. The number of hydrogen-bond acceptors (Lipinski definition) is 2. The molecule has 0 radical (unpaired) electrons. The first-order valence-electron chi connectivity index (χ1n) is 5.70. The zero-order chi connectivity index (χ0) is 11.1. The minimum Gasteiger partial charge on any atom is -0.347 e. The number of aromatic nitrogens is 2. The van der Waals surface area contributed by atoms with E-state index in [1.807, 2.05) is 6.20 Å². The maximum absolute atomic E-state index is 6.50. The Kier molecular flexibility index (Phi) is 2.38. The third kappa shape index (κ3) is 2.07. The molecule has 84 valence electrons. The van der Waals surface area contributed by atoms with Gasteiger partial charge < -0.3 is 10.7 Å². The highest BCUT2D eigenvalue weighted by molar-refractivity contribution is 5.09. The standard InChI is InChI=1S/C12H21N3/c1-9-6-11(2,3)8-12(13,7-9)10-14-4-5-15-10/h4-5,9H,6-8,13H2,1-3H3,(H,14,15)/t9-,12-/m1/s1. The topological polar surface area (TPSA) is 54.7 Å². The molecule has 2 atom stereocenters. The van der Waals surface area contributed by atoms with Crippen LogP contribution in [0.25, 0.3) is 0 Å². The van der Waals surface area contributed by atoms with E-state index in [0.29, 0.717) is 11.3 Å². The number of hydrogen-bond donors (Lipinski definition) is 2. The van der Waals surface area contributed by atoms with E-state index in [-0.39, 0.29) is 5.54 Å². The Balaban J connectivity index is 2.28. The minimum atomic E-state index is -0.259. The van der Waals surface area contributed by atoms with Crippen LogP contribution in [0.15, 0.2) is 12.4 Å². The van der Waals surface area contributed by atoms with Gasteiger partial charge >= 0.3 is 0 Å². The number of H-pyrrole nitrogens is 1. The summed E-state index contributed by atoms with van der Waals surface area (Å²) < 4.78 is 0. The van der Waals surface area contributed by atoms with E-state index in [2.05, 4.69) is 30.7 Å². The van der Waals surface area contributed by atoms with E-state index in [0.717, 1.165) is 18.7 Å². The summed E-state index contributed by atoms with van der Waals surface area (Å²) >= 11 is 0. The maximum Gasteiger partial charge on any atom is 0.126 e. The van der Waals surface area contributed by atoms with Crippen LogP contribution in [0.5, 0.6) is 0 Å². The van der Waals surface area contributed by atoms with E-state index in [9.17, 15) is 0 Å². The highest BCUT2D eigenvalue weighted by atomic mass is 15.0. The van der Waals surface area contributed by atoms with Gasteiger partial charge in [0, 0.05) is 12.4 Å². The van der Waals surface area contributed by atoms with Crippen LogP contribution in [0.4, 0.5) is 0 Å². The molecule has 3 nitrogen and oxygen atoms in total. The van der Waals surface area contributed by atoms with E-state index in [4.69, 9.17) is 5.73 Å². The van der Waals surface area contributed by atoms with Gasteiger partial charge in [-0.3, -0.25) is 0 Å². The largest absolute Gasteiger partial charge is 0.347 e. The Hall–Kier alpha value is -0.830. The van der Waals surface area contributed by atoms with Crippen molar-refractivity contribution >= 4 is 0 Å². The predicted molar refractivity (Wildman–Crippen MR) is 61.2 cm³/mol. The van der Waals surface area contributed by atoms with E-state index in [1.165, 1.54) is 6.42 Å². The Morgan fingerprint density at radius 1 is 1.47 bits per heavy atom. The van der Waals surface area contributed by atoms with Crippen LogP contribution in [0.1, 0.15) is 45.9 Å². The minimum absolute atomic E-state index is 0.259. The molecule has 2 rings (SSSR count). The molecular formula is C12H21N3. The lowest BCUT2D eigenvalue weighted by Crippen LogP contribution is -2.47. The van der Waals surface area contributed by atoms with Gasteiger partial charge in [0.25, 0.3) is 0 Å². The fraction of sp³-hybridized carbons (Fsp3) is 0.750. The van der Waals surface area contributed by atoms with Crippen LogP contribution in [0.2, 0.25) is 0 Å². The van der Waals surface area contributed by atoms with E-state index in [1.54, 1.807) is 6.20 Å². The van der Waals surface area contributed by atoms with Gasteiger partial charge in [0.2, 0.25) is 0 Å². The lowest BCUT2D eigenvalue weighted by atomic mass is 9.64. The first-order valence-corrected chi connectivity index (χ1v) is 5.70. The van der Waals surface area contributed by atoms with Crippen LogP contribution in [-0.2, 0) is 5.54 Å². The molecule has 1 saturated carbocycles. The van der Waals surface area contributed by atoms with Gasteiger partial charge in [-0.2, -0.15) is 0 Å². The highest BCUT2D eigenvalue weighted by Crippen LogP contribution is 2.46. The second-order valence-corrected chi connectivity index (χ2v) is 5.95. The second kappa shape index (κ2) is 3.34. The first-order chi connectivity index (χ1) is 6.91. The summed E-state index contributed by atoms with van der Waals surface area (Å²) in [4.78, 5) is 7.50. The zero-order valence-corrected chi connectivity index (χ0v) is 9.88. The number of nitrogens with zero attached hydrogens (tertiary/aromatic N) is 1. The van der Waals surface area contributed by atoms with Crippen LogP contribution in [-0.4, -0.2) is 9.97 Å². The third-order valence-electron chi connectivity index (χ3n) is 3.38. The van der Waals surface area contributed by atoms with Gasteiger partial charge in [-0.15, -0.1) is 0 Å². The number of rotatable bonds is 1. The first kappa shape index (κ1) is 10.7. The Morgan fingerprint density at radius 3 is 2.73 bits per heavy atom. The van der Waals surface area contributed by atoms with Crippen molar-refractivity contribution in [1.29, 1.82) is 0 Å². The Labute approximate surface area is 91.5 Å². The average molecular weight is 207 g/mol. The maximum atomic E-state index is 6.50. The monoisotopic (exact) mass is 207 g/mol. The summed E-state index contributed by atoms with van der Waals surface area (Å²) in [6, 6.07) is 0. The predicted octanol–water partition coefficient (Wildman–Crippen LogP) is 2.41. The van der Waals surface area contributed by atoms with Crippen molar-refractivity contribution in [3.63, 3.8) is 0 Å². The van der Waals surface area contributed by atoms with Crippen molar-refractivity contribution in [2.45, 2.75) is 45.6 Å². The molecule has 0 aliphatic heterocycles. The lowest BCUT2D eigenvalue weighted by Gasteiger charge is -2.44. The van der Waals surface area contributed by atoms with Gasteiger partial charge in [-0.05, 0) is 30.6 Å². The van der Waals surface area contributed by atoms with Crippen molar-refractivity contribution in [3.05, 3.63) is 18.2 Å². The molecule has 1 aliphatic rings. The molecule has 0 bridgehead atoms. The molecule has 3 heteroatoms. The van der Waals surface area contributed by atoms with Crippen LogP contribution in [0.3, 0.4) is 0 Å². The van der Waals surface area contributed by atoms with Gasteiger partial charge in [0.1, 0.15) is 5.82 Å². The highest BCUT2D eigenvalue weighted by Gasteiger charge is 2.42. The molecule has 1 heterocycles. The van der Waals surface area contributed by atoms with Crippen LogP contribution >= 0.6 is 0 Å². The molecule has 3 N–H and O–H groups in total. The fourth-order valence-electron chi connectivity index (χ4n) is 3.35. The zero-order valence-electron chi connectivity index (χ0n) is 9.88. The van der Waals surface area contributed by atoms with Gasteiger partial charge in [0.05, 0.1) is 5.54 Å². The molecule has 0 aromatic carbocycles. The van der Waals surface area contributed by atoms with Crippen molar-refractivity contribution in [2.24, 2.45) is 17.1 Å². The summed E-state index contributed by atoms with van der Waals surface area (Å²) in [5.41, 5.74) is 6.56. The Bertz CT molecular complexity index is 329. The second-order valence-electron chi connectivity index (χ2n) is 5.95. The van der Waals surface area contributed by atoms with Crippen LogP contribution < -0.4 is 5.73 Å². The SMILES string of the molecule is C[C@@H]1CC(C)(C)C[C@@](N)(c2ncc[nH]2)C1. The van der Waals surface area contributed by atoms with Crippen molar-refractivity contribution in [2.75, 3.05) is 0 Å². The van der Waals surface area contributed by atoms with Gasteiger partial charge in [-0.1, -0.05) is 20.8 Å². The van der Waals surface area contributed by atoms with Crippen molar-refractivity contribution < 1.29 is 0 Å². The van der Waals surface area contributed by atoms with Gasteiger partial charge in [-0.25, -0.2) is 4.98 Å². The summed E-state index contributed by atoms with van der Waals surface area (Å²) in [5, 5.41) is 0. The molecule has 0 saturated heterocycles. The molecule has 1 fully saturated rings. The number of imidazole rings is 1. The number of nitrogens with one attached hydrogen (secondary N) is 1. The van der Waals surface area contributed by atoms with E-state index >= 15 is 0 Å². The number of nitrogens with two attached hydrogens (primary N) is 1. The number of aromatic amines is 1. The summed E-state index contributed by atoms with van der Waals surface area (Å²) in [7, 11) is 0. The summed E-state index contributed by atoms with van der Waals surface area (Å²) in [5.74, 6) is 1.62. The summed E-state index contributed by atoms with van der Waals surface area (Å²) in [6.07, 6.45) is 6.95. The van der Waals surface area contributed by atoms with Crippen LogP contribution in [0, 0.1) is 11.3 Å². The smallest absolute Gasteiger partial charge is 0.126 e. The Morgan fingerprint density at radius 2 is 2.20 bits per heavy atom. The molecular weight excluding hydrogens is 186 g/mol.